The number of nitrogens with one attached hydrogen (secondary N) is 3. The van der Waals surface area contributed by atoms with Gasteiger partial charge < -0.3 is 0 Å². The van der Waals surface area contributed by atoms with E-state index in [2.05, 4.69) is 63.4 Å². The molecule has 2 aromatic carbocycles. The third-order valence-corrected chi connectivity index (χ3v) is 5.65. The number of hydrogen-bond donors (Lipinski definition) is 3. The smallest absolute Gasteiger partial charge is 0.0973 e. The fourth-order valence-electron chi connectivity index (χ4n) is 2.19. The molecule has 0 saturated heterocycles. The fourth-order valence-corrected chi connectivity index (χ4v) is 4.69. The highest BCUT2D eigenvalue weighted by molar-refractivity contribution is 9.10. The summed E-state index contributed by atoms with van der Waals surface area (Å²) in [5.41, 5.74) is 4.51. The Morgan fingerprint density at radius 2 is 2.00 bits per heavy atom. The zero-order valence-corrected chi connectivity index (χ0v) is 13.6. The first kappa shape index (κ1) is 11.2. The van der Waals surface area contributed by atoms with Crippen molar-refractivity contribution in [2.24, 2.45) is 0 Å². The standard InChI is InChI=1S/C10H6Br2N4S2/c11-5-3-7-10(16(12)18-14-7)4-1-2-6-9(8(4)5)15-17-13-6/h1-3,13-15H. The molecule has 4 nitrogen and oxygen atoms in total. The Morgan fingerprint density at radius 3 is 2.89 bits per heavy atom. The van der Waals surface area contributed by atoms with Crippen molar-refractivity contribution < 1.29 is 0 Å². The van der Waals surface area contributed by atoms with Crippen LogP contribution in [0, 0.1) is 0 Å². The number of benzene rings is 2. The molecule has 18 heavy (non-hydrogen) atoms. The molecule has 0 amide bonds. The Bertz CT molecular complexity index is 914. The fraction of sp³-hybridized carbons (Fsp3) is 0. The van der Waals surface area contributed by atoms with Gasteiger partial charge in [0.25, 0.3) is 0 Å². The van der Waals surface area contributed by atoms with E-state index in [1.54, 1.807) is 0 Å². The summed E-state index contributed by atoms with van der Waals surface area (Å²) in [5.74, 6) is 0. The lowest BCUT2D eigenvalue weighted by Gasteiger charge is -2.04. The molecule has 0 aliphatic carbocycles. The van der Waals surface area contributed by atoms with Crippen molar-refractivity contribution in [2.45, 2.75) is 0 Å². The Hall–Kier alpha value is -0.700. The van der Waals surface area contributed by atoms with Gasteiger partial charge in [-0.1, -0.05) is 0 Å². The van der Waals surface area contributed by atoms with Gasteiger partial charge in [-0.05, 0) is 34.1 Å². The summed E-state index contributed by atoms with van der Waals surface area (Å²) in [6.45, 7) is 0. The summed E-state index contributed by atoms with van der Waals surface area (Å²) in [5, 5.41) is 2.39. The number of hydrogen-bond acceptors (Lipinski definition) is 2. The molecule has 4 rings (SSSR count). The van der Waals surface area contributed by atoms with Gasteiger partial charge in [-0.2, -0.15) is 0 Å². The van der Waals surface area contributed by atoms with Crippen LogP contribution >= 0.6 is 55.5 Å². The van der Waals surface area contributed by atoms with Gasteiger partial charge in [-0.25, -0.2) is 2.98 Å². The predicted octanol–water partition coefficient (Wildman–Crippen LogP) is 5.10. The monoisotopic (exact) mass is 404 g/mol. The van der Waals surface area contributed by atoms with Gasteiger partial charge in [0, 0.05) is 38.7 Å². The second kappa shape index (κ2) is 3.89. The molecule has 0 spiro atoms. The third-order valence-electron chi connectivity index (χ3n) is 2.95. The van der Waals surface area contributed by atoms with Gasteiger partial charge in [-0.15, -0.1) is 0 Å². The van der Waals surface area contributed by atoms with Crippen LogP contribution in [0.2, 0.25) is 0 Å². The molecule has 4 aromatic rings. The number of H-pyrrole nitrogens is 3. The summed E-state index contributed by atoms with van der Waals surface area (Å²) in [6.07, 6.45) is 0. The predicted molar refractivity (Wildman–Crippen MR) is 85.4 cm³/mol. The zero-order valence-electron chi connectivity index (χ0n) is 8.75. The lowest BCUT2D eigenvalue weighted by Crippen LogP contribution is -1.83. The van der Waals surface area contributed by atoms with Crippen LogP contribution in [0.5, 0.6) is 0 Å². The van der Waals surface area contributed by atoms with E-state index < -0.39 is 0 Å². The van der Waals surface area contributed by atoms with Crippen LogP contribution in [0.1, 0.15) is 0 Å². The number of aromatic nitrogens is 4. The first-order valence-corrected chi connectivity index (χ1v) is 8.21. The summed E-state index contributed by atoms with van der Waals surface area (Å²) in [6, 6.07) is 6.35. The summed E-state index contributed by atoms with van der Waals surface area (Å²) in [4.78, 5) is 0. The SMILES string of the molecule is Brc1cc2[nH]sn(Br)c2c2ccc3[nH]s[nH]c3c12. The van der Waals surface area contributed by atoms with Crippen LogP contribution in [0.25, 0.3) is 32.8 Å². The van der Waals surface area contributed by atoms with Crippen LogP contribution in [-0.2, 0) is 0 Å². The Balaban J connectivity index is 2.41. The van der Waals surface area contributed by atoms with E-state index in [1.165, 1.54) is 34.2 Å². The first-order valence-electron chi connectivity index (χ1n) is 5.11. The van der Waals surface area contributed by atoms with E-state index in [0.29, 0.717) is 0 Å². The minimum absolute atomic E-state index is 1.08. The number of nitrogens with zero attached hydrogens (tertiary/aromatic N) is 1. The summed E-state index contributed by atoms with van der Waals surface area (Å²) in [7, 11) is 0. The van der Waals surface area contributed by atoms with Crippen LogP contribution in [0.4, 0.5) is 0 Å². The lowest BCUT2D eigenvalue weighted by atomic mass is 10.1. The zero-order chi connectivity index (χ0) is 12.3. The van der Waals surface area contributed by atoms with Crippen molar-refractivity contribution in [1.82, 2.24) is 16.1 Å². The minimum atomic E-state index is 1.08. The van der Waals surface area contributed by atoms with E-state index in [9.17, 15) is 0 Å². The largest absolute Gasteiger partial charge is 0.295 e. The molecular weight excluding hydrogens is 400 g/mol. The summed E-state index contributed by atoms with van der Waals surface area (Å²) >= 11 is 10.2. The number of rotatable bonds is 0. The molecule has 0 aliphatic rings. The normalized spacial score (nSPS) is 11.9. The van der Waals surface area contributed by atoms with Gasteiger partial charge in [0.1, 0.15) is 0 Å². The minimum Gasteiger partial charge on any atom is -0.295 e. The molecule has 8 heteroatoms. The van der Waals surface area contributed by atoms with Crippen molar-refractivity contribution in [3.8, 4) is 0 Å². The molecule has 2 aromatic heterocycles. The molecule has 0 radical (unpaired) electrons. The number of halogens is 2. The highest BCUT2D eigenvalue weighted by Gasteiger charge is 2.12. The number of aromatic amines is 3. The van der Waals surface area contributed by atoms with Gasteiger partial charge >= 0.3 is 0 Å². The van der Waals surface area contributed by atoms with Crippen molar-refractivity contribution >= 4 is 88.4 Å². The maximum Gasteiger partial charge on any atom is 0.0973 e. The second-order valence-electron chi connectivity index (χ2n) is 3.91. The van der Waals surface area contributed by atoms with Crippen molar-refractivity contribution in [3.63, 3.8) is 0 Å². The second-order valence-corrected chi connectivity index (χ2v) is 7.31. The highest BCUT2D eigenvalue weighted by atomic mass is 79.9. The van der Waals surface area contributed by atoms with Crippen LogP contribution in [0.3, 0.4) is 0 Å². The molecule has 3 N–H and O–H groups in total. The van der Waals surface area contributed by atoms with Gasteiger partial charge in [0.2, 0.25) is 0 Å². The average molecular weight is 406 g/mol. The highest BCUT2D eigenvalue weighted by Crippen LogP contribution is 2.36. The quantitative estimate of drug-likeness (QED) is 0.364. The summed E-state index contributed by atoms with van der Waals surface area (Å²) < 4.78 is 12.9. The van der Waals surface area contributed by atoms with Crippen molar-refractivity contribution in [3.05, 3.63) is 22.7 Å². The molecule has 0 aliphatic heterocycles. The number of fused-ring (bicyclic) bond motifs is 5. The molecule has 0 fully saturated rings. The molecule has 92 valence electrons. The average Bonchev–Trinajstić information content (AvgIpc) is 2.95. The Kier molecular flexibility index (Phi) is 2.41. The van der Waals surface area contributed by atoms with E-state index in [1.807, 2.05) is 2.98 Å². The van der Waals surface area contributed by atoms with Crippen molar-refractivity contribution in [1.29, 1.82) is 0 Å². The third kappa shape index (κ3) is 1.40. The van der Waals surface area contributed by atoms with Crippen LogP contribution in [-0.4, -0.2) is 16.1 Å². The molecule has 0 unspecified atom stereocenters. The van der Waals surface area contributed by atoms with Crippen molar-refractivity contribution in [2.75, 3.05) is 0 Å². The van der Waals surface area contributed by atoms with Gasteiger partial charge in [0.05, 0.1) is 38.2 Å². The molecule has 2 heterocycles. The molecule has 0 bridgehead atoms. The van der Waals surface area contributed by atoms with E-state index in [-0.39, 0.29) is 0 Å². The van der Waals surface area contributed by atoms with Crippen LogP contribution < -0.4 is 0 Å². The van der Waals surface area contributed by atoms with Gasteiger partial charge in [0.15, 0.2) is 0 Å². The topological polar surface area (TPSA) is 52.3 Å². The molecular formula is C10H6Br2N4S2. The van der Waals surface area contributed by atoms with Crippen LogP contribution in [0.15, 0.2) is 22.7 Å². The van der Waals surface area contributed by atoms with E-state index in [0.717, 1.165) is 26.5 Å². The maximum atomic E-state index is 3.66. The Labute approximate surface area is 126 Å². The van der Waals surface area contributed by atoms with E-state index in [4.69, 9.17) is 0 Å². The molecule has 0 atom stereocenters. The first-order chi connectivity index (χ1) is 8.75. The molecule has 0 saturated carbocycles. The maximum absolute atomic E-state index is 3.66. The lowest BCUT2D eigenvalue weighted by molar-refractivity contribution is 1.59. The van der Waals surface area contributed by atoms with Gasteiger partial charge in [-0.3, -0.25) is 13.1 Å². The van der Waals surface area contributed by atoms with E-state index >= 15 is 0 Å². The Morgan fingerprint density at radius 1 is 1.11 bits per heavy atom.